The maximum Gasteiger partial charge on any atom is 0.407 e. The molecule has 0 aliphatic heterocycles. The molecule has 0 aromatic heterocycles. The molecule has 1 fully saturated rings. The summed E-state index contributed by atoms with van der Waals surface area (Å²) >= 11 is 0. The van der Waals surface area contributed by atoms with E-state index in [1.54, 1.807) is 0 Å². The highest BCUT2D eigenvalue weighted by Gasteiger charge is 2.23. The highest BCUT2D eigenvalue weighted by molar-refractivity contribution is 5.67. The van der Waals surface area contributed by atoms with Crippen molar-refractivity contribution in [1.82, 2.24) is 5.32 Å². The molecule has 0 radical (unpaired) electrons. The van der Waals surface area contributed by atoms with Crippen LogP contribution in [-0.2, 0) is 11.3 Å². The number of hydrogen-bond acceptors (Lipinski definition) is 3. The first-order valence-corrected chi connectivity index (χ1v) is 6.48. The Hall–Kier alpha value is -1.55. The molecule has 1 aliphatic rings. The van der Waals surface area contributed by atoms with E-state index < -0.39 is 0 Å². The summed E-state index contributed by atoms with van der Waals surface area (Å²) in [5, 5.41) is 2.85. The number of nitrogens with two attached hydrogens (primary N) is 1. The van der Waals surface area contributed by atoms with E-state index in [1.165, 1.54) is 0 Å². The molecule has 1 amide bonds. The zero-order chi connectivity index (χ0) is 12.8. The summed E-state index contributed by atoms with van der Waals surface area (Å²) in [7, 11) is 0. The van der Waals surface area contributed by atoms with E-state index in [0.29, 0.717) is 6.61 Å². The van der Waals surface area contributed by atoms with Gasteiger partial charge in [0.15, 0.2) is 0 Å². The van der Waals surface area contributed by atoms with Crippen molar-refractivity contribution >= 4 is 6.09 Å². The van der Waals surface area contributed by atoms with Gasteiger partial charge >= 0.3 is 6.09 Å². The van der Waals surface area contributed by atoms with Crippen LogP contribution in [-0.4, -0.2) is 18.2 Å². The fraction of sp³-hybridized carbons (Fsp3) is 0.500. The van der Waals surface area contributed by atoms with E-state index in [-0.39, 0.29) is 18.2 Å². The van der Waals surface area contributed by atoms with E-state index in [1.807, 2.05) is 30.3 Å². The molecule has 4 heteroatoms. The molecule has 4 nitrogen and oxygen atoms in total. The standard InChI is InChI=1S/C14H20N2O2/c15-12-8-4-5-9-13(12)16-14(17)18-10-11-6-2-1-3-7-11/h1-3,6-7,12-13H,4-5,8-10,15H2,(H,16,17)/t12-,13+/m1/s1. The quantitative estimate of drug-likeness (QED) is 0.861. The Morgan fingerprint density at radius 3 is 2.72 bits per heavy atom. The molecular formula is C14H20N2O2. The Labute approximate surface area is 108 Å². The molecule has 1 aromatic rings. The predicted molar refractivity (Wildman–Crippen MR) is 70.0 cm³/mol. The first-order chi connectivity index (χ1) is 8.75. The van der Waals surface area contributed by atoms with Crippen molar-refractivity contribution in [2.24, 2.45) is 5.73 Å². The Morgan fingerprint density at radius 1 is 1.28 bits per heavy atom. The molecule has 18 heavy (non-hydrogen) atoms. The molecule has 0 heterocycles. The largest absolute Gasteiger partial charge is 0.445 e. The monoisotopic (exact) mass is 248 g/mol. The molecule has 0 bridgehead atoms. The van der Waals surface area contributed by atoms with Crippen LogP contribution in [0.5, 0.6) is 0 Å². The number of carbonyl (C=O) groups excluding carboxylic acids is 1. The van der Waals surface area contributed by atoms with E-state index in [2.05, 4.69) is 5.32 Å². The average Bonchev–Trinajstić information content (AvgIpc) is 2.40. The number of benzene rings is 1. The van der Waals surface area contributed by atoms with Crippen molar-refractivity contribution < 1.29 is 9.53 Å². The predicted octanol–water partition coefficient (Wildman–Crippen LogP) is 2.18. The second kappa shape index (κ2) is 6.40. The molecular weight excluding hydrogens is 228 g/mol. The summed E-state index contributed by atoms with van der Waals surface area (Å²) < 4.78 is 5.17. The molecule has 98 valence electrons. The van der Waals surface area contributed by atoms with Crippen LogP contribution in [0.3, 0.4) is 0 Å². The third kappa shape index (κ3) is 3.74. The van der Waals surface area contributed by atoms with Crippen molar-refractivity contribution in [1.29, 1.82) is 0 Å². The summed E-state index contributed by atoms with van der Waals surface area (Å²) in [5.74, 6) is 0. The molecule has 0 saturated heterocycles. The van der Waals surface area contributed by atoms with Gasteiger partial charge in [-0.15, -0.1) is 0 Å². The van der Waals surface area contributed by atoms with Gasteiger partial charge in [0.25, 0.3) is 0 Å². The van der Waals surface area contributed by atoms with Crippen LogP contribution in [0.4, 0.5) is 4.79 Å². The van der Waals surface area contributed by atoms with E-state index in [0.717, 1.165) is 31.2 Å². The minimum absolute atomic E-state index is 0.0574. The summed E-state index contributed by atoms with van der Waals surface area (Å²) in [5.41, 5.74) is 6.95. The number of alkyl carbamates (subject to hydrolysis) is 1. The lowest BCUT2D eigenvalue weighted by Gasteiger charge is -2.28. The molecule has 1 saturated carbocycles. The van der Waals surface area contributed by atoms with Gasteiger partial charge in [-0.3, -0.25) is 0 Å². The Kier molecular flexibility index (Phi) is 4.59. The molecule has 1 aliphatic carbocycles. The zero-order valence-electron chi connectivity index (χ0n) is 10.5. The minimum atomic E-state index is -0.374. The second-order valence-corrected chi connectivity index (χ2v) is 4.76. The summed E-state index contributed by atoms with van der Waals surface area (Å²) in [6, 6.07) is 9.76. The Morgan fingerprint density at radius 2 is 2.00 bits per heavy atom. The van der Waals surface area contributed by atoms with Crippen LogP contribution in [0.15, 0.2) is 30.3 Å². The molecule has 0 spiro atoms. The van der Waals surface area contributed by atoms with Gasteiger partial charge in [-0.05, 0) is 18.4 Å². The normalized spacial score (nSPS) is 23.4. The molecule has 1 aromatic carbocycles. The van der Waals surface area contributed by atoms with Crippen LogP contribution in [0, 0.1) is 0 Å². The number of nitrogens with one attached hydrogen (secondary N) is 1. The number of amides is 1. The lowest BCUT2D eigenvalue weighted by Crippen LogP contribution is -2.49. The van der Waals surface area contributed by atoms with Gasteiger partial charge in [0.05, 0.1) is 0 Å². The summed E-state index contributed by atoms with van der Waals surface area (Å²) in [4.78, 5) is 11.6. The summed E-state index contributed by atoms with van der Waals surface area (Å²) in [6.45, 7) is 0.300. The van der Waals surface area contributed by atoms with Gasteiger partial charge in [0.1, 0.15) is 6.61 Å². The van der Waals surface area contributed by atoms with Crippen molar-refractivity contribution in [2.75, 3.05) is 0 Å². The van der Waals surface area contributed by atoms with Crippen molar-refractivity contribution in [3.63, 3.8) is 0 Å². The Bertz CT molecular complexity index is 381. The van der Waals surface area contributed by atoms with Crippen LogP contribution < -0.4 is 11.1 Å². The molecule has 2 rings (SSSR count). The first kappa shape index (κ1) is 12.9. The van der Waals surface area contributed by atoms with Gasteiger partial charge in [-0.1, -0.05) is 43.2 Å². The lowest BCUT2D eigenvalue weighted by atomic mass is 9.91. The molecule has 2 atom stereocenters. The van der Waals surface area contributed by atoms with Gasteiger partial charge in [-0.25, -0.2) is 4.79 Å². The average molecular weight is 248 g/mol. The van der Waals surface area contributed by atoms with Gasteiger partial charge in [-0.2, -0.15) is 0 Å². The topological polar surface area (TPSA) is 64.3 Å². The van der Waals surface area contributed by atoms with Gasteiger partial charge < -0.3 is 15.8 Å². The van der Waals surface area contributed by atoms with Crippen LogP contribution in [0.2, 0.25) is 0 Å². The fourth-order valence-corrected chi connectivity index (χ4v) is 2.25. The number of ether oxygens (including phenoxy) is 1. The molecule has 3 N–H and O–H groups in total. The number of carbonyl (C=O) groups is 1. The maximum absolute atomic E-state index is 11.6. The lowest BCUT2D eigenvalue weighted by molar-refractivity contribution is 0.131. The van der Waals surface area contributed by atoms with Crippen molar-refractivity contribution in [3.05, 3.63) is 35.9 Å². The third-order valence-electron chi connectivity index (χ3n) is 3.34. The third-order valence-corrected chi connectivity index (χ3v) is 3.34. The number of rotatable bonds is 3. The SMILES string of the molecule is N[C@@H]1CCCC[C@@H]1NC(=O)OCc1ccccc1. The fourth-order valence-electron chi connectivity index (χ4n) is 2.25. The van der Waals surface area contributed by atoms with Gasteiger partial charge in [0.2, 0.25) is 0 Å². The Balaban J connectivity index is 1.75. The minimum Gasteiger partial charge on any atom is -0.445 e. The first-order valence-electron chi connectivity index (χ1n) is 6.48. The second-order valence-electron chi connectivity index (χ2n) is 4.76. The smallest absolute Gasteiger partial charge is 0.407 e. The highest BCUT2D eigenvalue weighted by Crippen LogP contribution is 2.16. The van der Waals surface area contributed by atoms with Crippen molar-refractivity contribution in [3.8, 4) is 0 Å². The maximum atomic E-state index is 11.6. The van der Waals surface area contributed by atoms with E-state index in [4.69, 9.17) is 10.5 Å². The summed E-state index contributed by atoms with van der Waals surface area (Å²) in [6.07, 6.45) is 3.82. The van der Waals surface area contributed by atoms with Crippen molar-refractivity contribution in [2.45, 2.75) is 44.4 Å². The number of hydrogen-bond donors (Lipinski definition) is 2. The van der Waals surface area contributed by atoms with Crippen LogP contribution >= 0.6 is 0 Å². The van der Waals surface area contributed by atoms with Crippen LogP contribution in [0.1, 0.15) is 31.2 Å². The highest BCUT2D eigenvalue weighted by atomic mass is 16.5. The van der Waals surface area contributed by atoms with E-state index >= 15 is 0 Å². The zero-order valence-corrected chi connectivity index (χ0v) is 10.5. The van der Waals surface area contributed by atoms with E-state index in [9.17, 15) is 4.79 Å². The molecule has 0 unspecified atom stereocenters. The van der Waals surface area contributed by atoms with Crippen LogP contribution in [0.25, 0.3) is 0 Å². The van der Waals surface area contributed by atoms with Gasteiger partial charge in [0, 0.05) is 12.1 Å².